The quantitative estimate of drug-likeness (QED) is 0.787. The van der Waals surface area contributed by atoms with E-state index in [0.717, 1.165) is 0 Å². The third kappa shape index (κ3) is 2.97. The Kier molecular flexibility index (Phi) is 3.67. The Labute approximate surface area is 114 Å². The zero-order valence-corrected chi connectivity index (χ0v) is 10.9. The number of halogens is 3. The summed E-state index contributed by atoms with van der Waals surface area (Å²) in [5.41, 5.74) is 6.23. The van der Waals surface area contributed by atoms with Gasteiger partial charge in [0.15, 0.2) is 0 Å². The highest BCUT2D eigenvalue weighted by Crippen LogP contribution is 2.32. The van der Waals surface area contributed by atoms with Crippen LogP contribution in [0.2, 0.25) is 15.1 Å². The second kappa shape index (κ2) is 5.05. The van der Waals surface area contributed by atoms with E-state index in [0.29, 0.717) is 32.3 Å². The van der Waals surface area contributed by atoms with Gasteiger partial charge in [-0.15, -0.1) is 0 Å². The van der Waals surface area contributed by atoms with Crippen molar-refractivity contribution in [3.05, 3.63) is 51.5 Å². The molecule has 0 aromatic heterocycles. The summed E-state index contributed by atoms with van der Waals surface area (Å²) in [4.78, 5) is 0. The smallest absolute Gasteiger partial charge is 0.150 e. The van der Waals surface area contributed by atoms with Crippen molar-refractivity contribution in [2.75, 3.05) is 5.73 Å². The Morgan fingerprint density at radius 3 is 2.29 bits per heavy atom. The topological polar surface area (TPSA) is 35.2 Å². The molecule has 0 unspecified atom stereocenters. The van der Waals surface area contributed by atoms with Crippen LogP contribution in [-0.2, 0) is 0 Å². The Morgan fingerprint density at radius 1 is 0.882 bits per heavy atom. The standard InChI is InChI=1S/C12H8Cl3NO/c13-7-1-4-12(11(16)5-7)17-8-2-3-9(14)10(15)6-8/h1-6H,16H2. The molecule has 2 N–H and O–H groups in total. The van der Waals surface area contributed by atoms with Crippen molar-refractivity contribution < 1.29 is 4.74 Å². The van der Waals surface area contributed by atoms with Crippen molar-refractivity contribution in [1.82, 2.24) is 0 Å². The normalized spacial score (nSPS) is 10.3. The number of rotatable bonds is 2. The van der Waals surface area contributed by atoms with Crippen molar-refractivity contribution in [2.24, 2.45) is 0 Å². The molecular formula is C12H8Cl3NO. The average molecular weight is 289 g/mol. The zero-order chi connectivity index (χ0) is 12.4. The lowest BCUT2D eigenvalue weighted by Gasteiger charge is -2.09. The van der Waals surface area contributed by atoms with Gasteiger partial charge >= 0.3 is 0 Å². The lowest BCUT2D eigenvalue weighted by molar-refractivity contribution is 0.485. The molecule has 2 aromatic rings. The summed E-state index contributed by atoms with van der Waals surface area (Å²) < 4.78 is 5.57. The van der Waals surface area contributed by atoms with Gasteiger partial charge in [-0.05, 0) is 30.3 Å². The molecule has 0 bridgehead atoms. The molecule has 0 saturated heterocycles. The van der Waals surface area contributed by atoms with E-state index in [1.165, 1.54) is 0 Å². The predicted molar refractivity (Wildman–Crippen MR) is 72.4 cm³/mol. The van der Waals surface area contributed by atoms with Crippen LogP contribution in [0.4, 0.5) is 5.69 Å². The number of hydrogen-bond donors (Lipinski definition) is 1. The molecule has 2 aromatic carbocycles. The summed E-state index contributed by atoms with van der Waals surface area (Å²) in [5.74, 6) is 1.08. The SMILES string of the molecule is Nc1cc(Cl)ccc1Oc1ccc(Cl)c(Cl)c1. The van der Waals surface area contributed by atoms with Crippen molar-refractivity contribution in [1.29, 1.82) is 0 Å². The largest absolute Gasteiger partial charge is 0.455 e. The van der Waals surface area contributed by atoms with Gasteiger partial charge in [-0.1, -0.05) is 34.8 Å². The predicted octanol–water partition coefficient (Wildman–Crippen LogP) is 5.02. The minimum absolute atomic E-state index is 0.428. The van der Waals surface area contributed by atoms with Gasteiger partial charge in [0, 0.05) is 11.1 Å². The third-order valence-electron chi connectivity index (χ3n) is 2.09. The van der Waals surface area contributed by atoms with Crippen LogP contribution in [0.5, 0.6) is 11.5 Å². The molecule has 0 aliphatic rings. The Balaban J connectivity index is 2.28. The molecule has 0 spiro atoms. The monoisotopic (exact) mass is 287 g/mol. The Hall–Kier alpha value is -1.09. The molecule has 0 amide bonds. The average Bonchev–Trinajstić information content (AvgIpc) is 2.27. The van der Waals surface area contributed by atoms with Gasteiger partial charge in [-0.3, -0.25) is 0 Å². The molecule has 0 atom stereocenters. The second-order valence-electron chi connectivity index (χ2n) is 3.36. The third-order valence-corrected chi connectivity index (χ3v) is 3.06. The van der Waals surface area contributed by atoms with Crippen molar-refractivity contribution in [3.8, 4) is 11.5 Å². The van der Waals surface area contributed by atoms with E-state index >= 15 is 0 Å². The molecule has 0 fully saturated rings. The minimum atomic E-state index is 0.428. The molecular weight excluding hydrogens is 280 g/mol. The van der Waals surface area contributed by atoms with Gasteiger partial charge in [0.2, 0.25) is 0 Å². The highest BCUT2D eigenvalue weighted by Gasteiger charge is 2.05. The minimum Gasteiger partial charge on any atom is -0.455 e. The van der Waals surface area contributed by atoms with Gasteiger partial charge in [0.1, 0.15) is 11.5 Å². The van der Waals surface area contributed by atoms with E-state index in [9.17, 15) is 0 Å². The van der Waals surface area contributed by atoms with E-state index in [1.54, 1.807) is 36.4 Å². The molecule has 0 aliphatic carbocycles. The summed E-state index contributed by atoms with van der Waals surface area (Å²) >= 11 is 17.5. The van der Waals surface area contributed by atoms with Crippen LogP contribution < -0.4 is 10.5 Å². The maximum atomic E-state index is 5.88. The maximum absolute atomic E-state index is 5.88. The summed E-state index contributed by atoms with van der Waals surface area (Å²) in [7, 11) is 0. The summed E-state index contributed by atoms with van der Waals surface area (Å²) in [5, 5.41) is 1.46. The lowest BCUT2D eigenvalue weighted by atomic mass is 10.3. The number of anilines is 1. The first-order chi connectivity index (χ1) is 8.06. The Morgan fingerprint density at radius 2 is 1.65 bits per heavy atom. The molecule has 0 radical (unpaired) electrons. The van der Waals surface area contributed by atoms with Crippen molar-refractivity contribution >= 4 is 40.5 Å². The van der Waals surface area contributed by atoms with Gasteiger partial charge in [-0.2, -0.15) is 0 Å². The van der Waals surface area contributed by atoms with Crippen LogP contribution in [-0.4, -0.2) is 0 Å². The van der Waals surface area contributed by atoms with Crippen LogP contribution >= 0.6 is 34.8 Å². The fourth-order valence-electron chi connectivity index (χ4n) is 1.28. The van der Waals surface area contributed by atoms with Crippen molar-refractivity contribution in [3.63, 3.8) is 0 Å². The summed E-state index contributed by atoms with van der Waals surface area (Å²) in [6.07, 6.45) is 0. The van der Waals surface area contributed by atoms with Crippen LogP contribution in [0.3, 0.4) is 0 Å². The maximum Gasteiger partial charge on any atom is 0.150 e. The number of ether oxygens (including phenoxy) is 1. The van der Waals surface area contributed by atoms with E-state index < -0.39 is 0 Å². The molecule has 5 heteroatoms. The van der Waals surface area contributed by atoms with E-state index in [-0.39, 0.29) is 0 Å². The first-order valence-corrected chi connectivity index (χ1v) is 5.87. The van der Waals surface area contributed by atoms with Crippen LogP contribution in [0.15, 0.2) is 36.4 Å². The lowest BCUT2D eigenvalue weighted by Crippen LogP contribution is -1.91. The van der Waals surface area contributed by atoms with Gasteiger partial charge < -0.3 is 10.5 Å². The molecule has 17 heavy (non-hydrogen) atoms. The Bertz CT molecular complexity index is 557. The second-order valence-corrected chi connectivity index (χ2v) is 4.61. The van der Waals surface area contributed by atoms with Crippen molar-refractivity contribution in [2.45, 2.75) is 0 Å². The van der Waals surface area contributed by atoms with Gasteiger partial charge in [0.25, 0.3) is 0 Å². The van der Waals surface area contributed by atoms with E-state index in [4.69, 9.17) is 45.3 Å². The van der Waals surface area contributed by atoms with Gasteiger partial charge in [0.05, 0.1) is 15.7 Å². The molecule has 2 rings (SSSR count). The molecule has 0 aliphatic heterocycles. The summed E-state index contributed by atoms with van der Waals surface area (Å²) in [6.45, 7) is 0. The fourth-order valence-corrected chi connectivity index (χ4v) is 1.75. The fraction of sp³-hybridized carbons (Fsp3) is 0. The van der Waals surface area contributed by atoms with Gasteiger partial charge in [-0.25, -0.2) is 0 Å². The van der Waals surface area contributed by atoms with E-state index in [1.807, 2.05) is 0 Å². The van der Waals surface area contributed by atoms with E-state index in [2.05, 4.69) is 0 Å². The number of hydrogen-bond acceptors (Lipinski definition) is 2. The van der Waals surface area contributed by atoms with Crippen LogP contribution in [0.1, 0.15) is 0 Å². The number of nitrogen functional groups attached to an aromatic ring is 1. The number of nitrogens with two attached hydrogens (primary N) is 1. The molecule has 88 valence electrons. The molecule has 0 saturated carbocycles. The summed E-state index contributed by atoms with van der Waals surface area (Å²) in [6, 6.07) is 10.0. The highest BCUT2D eigenvalue weighted by atomic mass is 35.5. The highest BCUT2D eigenvalue weighted by molar-refractivity contribution is 6.42. The molecule has 0 heterocycles. The first-order valence-electron chi connectivity index (χ1n) is 4.74. The molecule has 2 nitrogen and oxygen atoms in total. The van der Waals surface area contributed by atoms with Crippen LogP contribution in [0, 0.1) is 0 Å². The first kappa shape index (κ1) is 12.4. The van der Waals surface area contributed by atoms with Crippen LogP contribution in [0.25, 0.3) is 0 Å². The zero-order valence-electron chi connectivity index (χ0n) is 8.58. The number of benzene rings is 2.